The first-order chi connectivity index (χ1) is 12.3. The molecule has 1 atom stereocenters. The second kappa shape index (κ2) is 9.30. The van der Waals surface area contributed by atoms with E-state index in [-0.39, 0.29) is 0 Å². The van der Waals surface area contributed by atoms with Crippen LogP contribution in [0, 0.1) is 0 Å². The van der Waals surface area contributed by atoms with Gasteiger partial charge >= 0.3 is 0 Å². The van der Waals surface area contributed by atoms with Crippen LogP contribution < -0.4 is 11.1 Å². The third-order valence-electron chi connectivity index (χ3n) is 4.78. The summed E-state index contributed by atoms with van der Waals surface area (Å²) in [6, 6.07) is 13.0. The highest BCUT2D eigenvalue weighted by Gasteiger charge is 2.20. The van der Waals surface area contributed by atoms with Crippen molar-refractivity contribution in [1.29, 1.82) is 0 Å². The fourth-order valence-corrected chi connectivity index (χ4v) is 3.60. The molecule has 1 aromatic heterocycles. The summed E-state index contributed by atoms with van der Waals surface area (Å²) in [6.07, 6.45) is 5.03. The SMILES string of the molecule is NCCCCN(Cc1ncccc1Cl)CC1Cc2ccccc2CN1. The van der Waals surface area contributed by atoms with Crippen LogP contribution in [0.4, 0.5) is 0 Å². The maximum Gasteiger partial charge on any atom is 0.0729 e. The molecule has 1 aliphatic heterocycles. The minimum absolute atomic E-state index is 0.454. The number of benzene rings is 1. The molecule has 4 nitrogen and oxygen atoms in total. The lowest BCUT2D eigenvalue weighted by molar-refractivity contribution is 0.222. The van der Waals surface area contributed by atoms with Crippen molar-refractivity contribution in [3.63, 3.8) is 0 Å². The van der Waals surface area contributed by atoms with Gasteiger partial charge in [0, 0.05) is 31.9 Å². The van der Waals surface area contributed by atoms with E-state index in [1.807, 2.05) is 18.3 Å². The van der Waals surface area contributed by atoms with Crippen molar-refractivity contribution in [2.24, 2.45) is 5.73 Å². The number of hydrogen-bond acceptors (Lipinski definition) is 4. The maximum absolute atomic E-state index is 6.31. The van der Waals surface area contributed by atoms with Crippen LogP contribution in [0.15, 0.2) is 42.6 Å². The second-order valence-corrected chi connectivity index (χ2v) is 7.12. The van der Waals surface area contributed by atoms with Crippen molar-refractivity contribution in [3.8, 4) is 0 Å². The molecule has 0 saturated carbocycles. The van der Waals surface area contributed by atoms with Crippen molar-refractivity contribution in [1.82, 2.24) is 15.2 Å². The van der Waals surface area contributed by atoms with Crippen molar-refractivity contribution < 1.29 is 0 Å². The van der Waals surface area contributed by atoms with E-state index in [1.165, 1.54) is 11.1 Å². The Hall–Kier alpha value is -1.46. The average Bonchev–Trinajstić information content (AvgIpc) is 2.63. The summed E-state index contributed by atoms with van der Waals surface area (Å²) in [7, 11) is 0. The Morgan fingerprint density at radius 2 is 2.00 bits per heavy atom. The third-order valence-corrected chi connectivity index (χ3v) is 5.13. The highest BCUT2D eigenvalue weighted by atomic mass is 35.5. The number of pyridine rings is 1. The lowest BCUT2D eigenvalue weighted by atomic mass is 9.95. The molecule has 1 aliphatic rings. The van der Waals surface area contributed by atoms with Crippen molar-refractivity contribution >= 4 is 11.6 Å². The van der Waals surface area contributed by atoms with Crippen LogP contribution in [0.2, 0.25) is 5.02 Å². The van der Waals surface area contributed by atoms with Gasteiger partial charge < -0.3 is 11.1 Å². The van der Waals surface area contributed by atoms with Gasteiger partial charge in [0.2, 0.25) is 0 Å². The number of halogens is 1. The van der Waals surface area contributed by atoms with Crippen LogP contribution >= 0.6 is 11.6 Å². The molecule has 0 aliphatic carbocycles. The molecular formula is C20H27ClN4. The van der Waals surface area contributed by atoms with Crippen LogP contribution in [0.5, 0.6) is 0 Å². The van der Waals surface area contributed by atoms with Gasteiger partial charge in [0.1, 0.15) is 0 Å². The van der Waals surface area contributed by atoms with Crippen LogP contribution in [0.25, 0.3) is 0 Å². The highest BCUT2D eigenvalue weighted by Crippen LogP contribution is 2.19. The van der Waals surface area contributed by atoms with Crippen LogP contribution in [-0.4, -0.2) is 35.6 Å². The predicted octanol–water partition coefficient (Wildman–Crippen LogP) is 2.99. The Morgan fingerprint density at radius 3 is 2.80 bits per heavy atom. The number of rotatable bonds is 8. The normalized spacial score (nSPS) is 16.8. The molecule has 1 unspecified atom stereocenters. The Labute approximate surface area is 155 Å². The molecule has 0 saturated heterocycles. The molecule has 3 N–H and O–H groups in total. The fourth-order valence-electron chi connectivity index (χ4n) is 3.42. The van der Waals surface area contributed by atoms with E-state index in [9.17, 15) is 0 Å². The van der Waals surface area contributed by atoms with Gasteiger partial charge in [-0.3, -0.25) is 9.88 Å². The van der Waals surface area contributed by atoms with E-state index in [2.05, 4.69) is 39.5 Å². The van der Waals surface area contributed by atoms with E-state index in [4.69, 9.17) is 17.3 Å². The van der Waals surface area contributed by atoms with Gasteiger partial charge in [-0.05, 0) is 55.6 Å². The minimum Gasteiger partial charge on any atom is -0.330 e. The average molecular weight is 359 g/mol. The molecule has 3 rings (SSSR count). The van der Waals surface area contributed by atoms with Gasteiger partial charge in [0.15, 0.2) is 0 Å². The Balaban J connectivity index is 1.64. The molecule has 0 bridgehead atoms. The molecule has 25 heavy (non-hydrogen) atoms. The molecule has 5 heteroatoms. The van der Waals surface area contributed by atoms with Crippen LogP contribution in [0.1, 0.15) is 29.7 Å². The molecule has 1 aromatic carbocycles. The number of nitrogens with one attached hydrogen (secondary N) is 1. The van der Waals surface area contributed by atoms with Gasteiger partial charge in [-0.25, -0.2) is 0 Å². The van der Waals surface area contributed by atoms with Crippen molar-refractivity contribution in [2.45, 2.75) is 38.4 Å². The quantitative estimate of drug-likeness (QED) is 0.712. The van der Waals surface area contributed by atoms with E-state index in [0.29, 0.717) is 6.04 Å². The first kappa shape index (κ1) is 18.3. The number of hydrogen-bond donors (Lipinski definition) is 2. The lowest BCUT2D eigenvalue weighted by Crippen LogP contribution is -2.44. The monoisotopic (exact) mass is 358 g/mol. The molecule has 2 aromatic rings. The Morgan fingerprint density at radius 1 is 1.16 bits per heavy atom. The molecular weight excluding hydrogens is 332 g/mol. The van der Waals surface area contributed by atoms with Crippen molar-refractivity contribution in [3.05, 3.63) is 64.4 Å². The van der Waals surface area contributed by atoms with E-state index >= 15 is 0 Å². The van der Waals surface area contributed by atoms with Gasteiger partial charge in [0.25, 0.3) is 0 Å². The standard InChI is InChI=1S/C20H27ClN4/c21-19-8-5-10-23-20(19)15-25(11-4-3-9-22)14-18-12-16-6-1-2-7-17(16)13-24-18/h1-2,5-8,10,18,24H,3-4,9,11-15,22H2. The molecule has 134 valence electrons. The number of unbranched alkanes of at least 4 members (excludes halogenated alkanes) is 1. The Bertz CT molecular complexity index is 676. The van der Waals surface area contributed by atoms with E-state index in [1.54, 1.807) is 0 Å². The van der Waals surface area contributed by atoms with Crippen molar-refractivity contribution in [2.75, 3.05) is 19.6 Å². The van der Waals surface area contributed by atoms with Gasteiger partial charge in [0.05, 0.1) is 10.7 Å². The molecule has 0 amide bonds. The summed E-state index contributed by atoms with van der Waals surface area (Å²) in [6.45, 7) is 4.48. The third kappa shape index (κ3) is 5.25. The molecule has 0 spiro atoms. The second-order valence-electron chi connectivity index (χ2n) is 6.71. The number of fused-ring (bicyclic) bond motifs is 1. The smallest absolute Gasteiger partial charge is 0.0729 e. The predicted molar refractivity (Wildman–Crippen MR) is 104 cm³/mol. The van der Waals surface area contributed by atoms with Gasteiger partial charge in [-0.2, -0.15) is 0 Å². The highest BCUT2D eigenvalue weighted by molar-refractivity contribution is 6.31. The number of aromatic nitrogens is 1. The molecule has 0 radical (unpaired) electrons. The first-order valence-electron chi connectivity index (χ1n) is 9.08. The summed E-state index contributed by atoms with van der Waals surface area (Å²) in [5.74, 6) is 0. The molecule has 2 heterocycles. The minimum atomic E-state index is 0.454. The topological polar surface area (TPSA) is 54.2 Å². The maximum atomic E-state index is 6.31. The van der Waals surface area contributed by atoms with Gasteiger partial charge in [-0.1, -0.05) is 35.9 Å². The zero-order chi connectivity index (χ0) is 17.5. The van der Waals surface area contributed by atoms with E-state index < -0.39 is 0 Å². The van der Waals surface area contributed by atoms with Gasteiger partial charge in [-0.15, -0.1) is 0 Å². The molecule has 0 fully saturated rings. The summed E-state index contributed by atoms with van der Waals surface area (Å²) in [5.41, 5.74) is 9.50. The lowest BCUT2D eigenvalue weighted by Gasteiger charge is -2.31. The first-order valence-corrected chi connectivity index (χ1v) is 9.46. The summed E-state index contributed by atoms with van der Waals surface area (Å²) in [4.78, 5) is 6.91. The van der Waals surface area contributed by atoms with E-state index in [0.717, 1.165) is 62.7 Å². The zero-order valence-electron chi connectivity index (χ0n) is 14.6. The summed E-state index contributed by atoms with van der Waals surface area (Å²) in [5, 5.41) is 4.42. The zero-order valence-corrected chi connectivity index (χ0v) is 15.4. The number of nitrogens with zero attached hydrogens (tertiary/aromatic N) is 2. The largest absolute Gasteiger partial charge is 0.330 e. The van der Waals surface area contributed by atoms with Crippen LogP contribution in [-0.2, 0) is 19.5 Å². The summed E-state index contributed by atoms with van der Waals surface area (Å²) >= 11 is 6.31. The van der Waals surface area contributed by atoms with Crippen LogP contribution in [0.3, 0.4) is 0 Å². The Kier molecular flexibility index (Phi) is 6.82. The number of nitrogens with two attached hydrogens (primary N) is 1. The summed E-state index contributed by atoms with van der Waals surface area (Å²) < 4.78 is 0. The fraction of sp³-hybridized carbons (Fsp3) is 0.450.